The second-order valence-electron chi connectivity index (χ2n) is 5.01. The van der Waals surface area contributed by atoms with Crippen LogP contribution >= 0.6 is 0 Å². The Morgan fingerprint density at radius 2 is 2.05 bits per heavy atom. The van der Waals surface area contributed by atoms with Crippen LogP contribution in [-0.2, 0) is 4.79 Å². The Morgan fingerprint density at radius 3 is 2.58 bits per heavy atom. The normalized spacial score (nSPS) is 23.0. The highest BCUT2D eigenvalue weighted by Crippen LogP contribution is 2.28. The quantitative estimate of drug-likeness (QED) is 0.744. The third-order valence-corrected chi connectivity index (χ3v) is 3.55. The summed E-state index contributed by atoms with van der Waals surface area (Å²) in [4.78, 5) is 26.5. The zero-order valence-electron chi connectivity index (χ0n) is 10.8. The minimum absolute atomic E-state index is 0.150. The summed E-state index contributed by atoms with van der Waals surface area (Å²) in [5, 5.41) is 18.1. The van der Waals surface area contributed by atoms with E-state index in [0.29, 0.717) is 31.1 Å². The lowest BCUT2D eigenvalue weighted by atomic mass is 9.82. The van der Waals surface area contributed by atoms with E-state index in [4.69, 9.17) is 5.11 Å². The summed E-state index contributed by atoms with van der Waals surface area (Å²) in [6, 6.07) is 0. The Hall–Kier alpha value is -1.92. The molecule has 1 saturated carbocycles. The molecule has 0 bridgehead atoms. The van der Waals surface area contributed by atoms with E-state index in [0.717, 1.165) is 12.8 Å². The molecule has 19 heavy (non-hydrogen) atoms. The van der Waals surface area contributed by atoms with Gasteiger partial charge in [0.05, 0.1) is 5.92 Å². The molecule has 0 aromatic carbocycles. The summed E-state index contributed by atoms with van der Waals surface area (Å²) in [5.74, 6) is -0.116. The fourth-order valence-corrected chi connectivity index (χ4v) is 2.37. The van der Waals surface area contributed by atoms with Crippen molar-refractivity contribution in [3.8, 4) is 0 Å². The maximum absolute atomic E-state index is 11.7. The maximum Gasteiger partial charge on any atom is 0.306 e. The van der Waals surface area contributed by atoms with E-state index in [1.165, 1.54) is 0 Å². The summed E-state index contributed by atoms with van der Waals surface area (Å²) in [6.07, 6.45) is 3.06. The number of hydrogen-bond donors (Lipinski definition) is 3. The van der Waals surface area contributed by atoms with Gasteiger partial charge in [0.25, 0.3) is 5.91 Å². The van der Waals surface area contributed by atoms with Crippen LogP contribution < -0.4 is 5.32 Å². The molecule has 1 aliphatic carbocycles. The maximum atomic E-state index is 11.7. The van der Waals surface area contributed by atoms with Crippen LogP contribution in [0.2, 0.25) is 0 Å². The van der Waals surface area contributed by atoms with Gasteiger partial charge in [0.2, 0.25) is 5.82 Å². The third-order valence-electron chi connectivity index (χ3n) is 3.55. The predicted molar refractivity (Wildman–Crippen MR) is 66.5 cm³/mol. The number of carbonyl (C=O) groups excluding carboxylic acids is 1. The van der Waals surface area contributed by atoms with Crippen LogP contribution in [0, 0.1) is 18.8 Å². The number of nitrogens with one attached hydrogen (secondary N) is 2. The van der Waals surface area contributed by atoms with Gasteiger partial charge in [-0.3, -0.25) is 14.7 Å². The summed E-state index contributed by atoms with van der Waals surface area (Å²) < 4.78 is 0. The first kappa shape index (κ1) is 13.5. The van der Waals surface area contributed by atoms with Crippen LogP contribution in [0.1, 0.15) is 42.1 Å². The van der Waals surface area contributed by atoms with E-state index in [1.807, 2.05) is 0 Å². The van der Waals surface area contributed by atoms with Gasteiger partial charge in [0.15, 0.2) is 0 Å². The molecule has 1 aromatic heterocycles. The molecule has 0 radical (unpaired) electrons. The number of carboxylic acid groups (broad SMARTS) is 1. The van der Waals surface area contributed by atoms with Gasteiger partial charge in [0, 0.05) is 6.54 Å². The SMILES string of the molecule is Cc1nc(C(=O)NCC2CCC(C(=O)O)CC2)n[nH]1. The fraction of sp³-hybridized carbons (Fsp3) is 0.667. The van der Waals surface area contributed by atoms with Gasteiger partial charge in [-0.2, -0.15) is 0 Å². The van der Waals surface area contributed by atoms with Crippen molar-refractivity contribution in [1.82, 2.24) is 20.5 Å². The number of hydrogen-bond acceptors (Lipinski definition) is 4. The number of H-pyrrole nitrogens is 1. The molecule has 0 spiro atoms. The molecule has 1 aliphatic rings. The third kappa shape index (κ3) is 3.52. The van der Waals surface area contributed by atoms with Crippen molar-refractivity contribution in [3.63, 3.8) is 0 Å². The summed E-state index contributed by atoms with van der Waals surface area (Å²) in [6.45, 7) is 2.29. The van der Waals surface area contributed by atoms with Crippen molar-refractivity contribution in [3.05, 3.63) is 11.6 Å². The highest BCUT2D eigenvalue weighted by Gasteiger charge is 2.26. The van der Waals surface area contributed by atoms with Gasteiger partial charge in [-0.05, 0) is 38.5 Å². The second-order valence-corrected chi connectivity index (χ2v) is 5.01. The molecule has 0 saturated heterocycles. The van der Waals surface area contributed by atoms with Crippen LogP contribution in [0.25, 0.3) is 0 Å². The average molecular weight is 266 g/mol. The summed E-state index contributed by atoms with van der Waals surface area (Å²) >= 11 is 0. The smallest absolute Gasteiger partial charge is 0.306 e. The molecule has 1 amide bonds. The second kappa shape index (κ2) is 5.81. The van der Waals surface area contributed by atoms with E-state index in [-0.39, 0.29) is 17.6 Å². The van der Waals surface area contributed by atoms with Crippen molar-refractivity contribution in [2.45, 2.75) is 32.6 Å². The van der Waals surface area contributed by atoms with Crippen molar-refractivity contribution in [2.75, 3.05) is 6.54 Å². The Labute approximate surface area is 110 Å². The van der Waals surface area contributed by atoms with Gasteiger partial charge >= 0.3 is 5.97 Å². The molecule has 2 rings (SSSR count). The van der Waals surface area contributed by atoms with E-state index in [2.05, 4.69) is 20.5 Å². The number of rotatable bonds is 4. The molecule has 0 aliphatic heterocycles. The molecular formula is C12H18N4O3. The lowest BCUT2D eigenvalue weighted by Gasteiger charge is -2.25. The van der Waals surface area contributed by atoms with Crippen molar-refractivity contribution in [1.29, 1.82) is 0 Å². The average Bonchev–Trinajstić information content (AvgIpc) is 2.83. The van der Waals surface area contributed by atoms with Gasteiger partial charge < -0.3 is 10.4 Å². The molecular weight excluding hydrogens is 248 g/mol. The van der Waals surface area contributed by atoms with Crippen LogP contribution in [0.3, 0.4) is 0 Å². The van der Waals surface area contributed by atoms with E-state index < -0.39 is 5.97 Å². The van der Waals surface area contributed by atoms with E-state index >= 15 is 0 Å². The standard InChI is InChI=1S/C12H18N4O3/c1-7-14-10(16-15-7)11(17)13-6-8-2-4-9(5-3-8)12(18)19/h8-9H,2-6H2,1H3,(H,13,17)(H,18,19)(H,14,15,16). The van der Waals surface area contributed by atoms with Crippen molar-refractivity contribution < 1.29 is 14.7 Å². The van der Waals surface area contributed by atoms with Crippen LogP contribution in [0.4, 0.5) is 0 Å². The molecule has 1 fully saturated rings. The molecule has 3 N–H and O–H groups in total. The zero-order valence-corrected chi connectivity index (χ0v) is 10.8. The first-order valence-corrected chi connectivity index (χ1v) is 6.46. The lowest BCUT2D eigenvalue weighted by molar-refractivity contribution is -0.143. The number of aromatic amines is 1. The van der Waals surface area contributed by atoms with E-state index in [9.17, 15) is 9.59 Å². The highest BCUT2D eigenvalue weighted by molar-refractivity contribution is 5.90. The summed E-state index contributed by atoms with van der Waals surface area (Å²) in [5.41, 5.74) is 0. The largest absolute Gasteiger partial charge is 0.481 e. The molecule has 0 atom stereocenters. The number of aliphatic carboxylic acids is 1. The van der Waals surface area contributed by atoms with Gasteiger partial charge in [-0.25, -0.2) is 4.98 Å². The number of aromatic nitrogens is 3. The molecule has 7 heteroatoms. The van der Waals surface area contributed by atoms with E-state index in [1.54, 1.807) is 6.92 Å². The number of nitrogens with zero attached hydrogens (tertiary/aromatic N) is 2. The molecule has 7 nitrogen and oxygen atoms in total. The Morgan fingerprint density at radius 1 is 1.37 bits per heavy atom. The lowest BCUT2D eigenvalue weighted by Crippen LogP contribution is -2.33. The Kier molecular flexibility index (Phi) is 4.13. The topological polar surface area (TPSA) is 108 Å². The first-order valence-electron chi connectivity index (χ1n) is 6.46. The van der Waals surface area contributed by atoms with Gasteiger partial charge in [-0.1, -0.05) is 0 Å². The van der Waals surface area contributed by atoms with Crippen LogP contribution in [0.15, 0.2) is 0 Å². The number of amides is 1. The van der Waals surface area contributed by atoms with Gasteiger partial charge in [0.1, 0.15) is 5.82 Å². The minimum atomic E-state index is -0.710. The minimum Gasteiger partial charge on any atom is -0.481 e. The number of carboxylic acids is 1. The number of aryl methyl sites for hydroxylation is 1. The number of carbonyl (C=O) groups is 2. The highest BCUT2D eigenvalue weighted by atomic mass is 16.4. The van der Waals surface area contributed by atoms with Crippen LogP contribution in [0.5, 0.6) is 0 Å². The summed E-state index contributed by atoms with van der Waals surface area (Å²) in [7, 11) is 0. The molecule has 0 unspecified atom stereocenters. The molecule has 104 valence electrons. The molecule has 1 aromatic rings. The van der Waals surface area contributed by atoms with Crippen molar-refractivity contribution in [2.24, 2.45) is 11.8 Å². The Bertz CT molecular complexity index is 463. The zero-order chi connectivity index (χ0) is 13.8. The van der Waals surface area contributed by atoms with Crippen molar-refractivity contribution >= 4 is 11.9 Å². The molecule has 1 heterocycles. The van der Waals surface area contributed by atoms with Crippen LogP contribution in [-0.4, -0.2) is 38.7 Å². The predicted octanol–water partition coefficient (Wildman–Crippen LogP) is 0.734. The first-order chi connectivity index (χ1) is 9.06. The van der Waals surface area contributed by atoms with Gasteiger partial charge in [-0.15, -0.1) is 5.10 Å². The fourth-order valence-electron chi connectivity index (χ4n) is 2.37. The monoisotopic (exact) mass is 266 g/mol. The Balaban J connectivity index is 1.75.